The number of likely N-dealkylation sites (N-methyl/N-ethyl adjacent to an activating group) is 1. The molecule has 0 spiro atoms. The van der Waals surface area contributed by atoms with Crippen LogP contribution in [-0.4, -0.2) is 30.1 Å². The van der Waals surface area contributed by atoms with E-state index >= 15 is 0 Å². The van der Waals surface area contributed by atoms with E-state index in [-0.39, 0.29) is 0 Å². The minimum absolute atomic E-state index is 0.787. The minimum Gasteiger partial charge on any atom is -0.373 e. The van der Waals surface area contributed by atoms with Crippen LogP contribution in [0.15, 0.2) is 72.4 Å². The van der Waals surface area contributed by atoms with Crippen LogP contribution in [0.4, 0.5) is 10.8 Å². The summed E-state index contributed by atoms with van der Waals surface area (Å²) < 4.78 is 0. The van der Waals surface area contributed by atoms with Gasteiger partial charge in [-0.2, -0.15) is 0 Å². The molecule has 0 atom stereocenters. The summed E-state index contributed by atoms with van der Waals surface area (Å²) in [7, 11) is 2.14. The maximum atomic E-state index is 5.08. The van der Waals surface area contributed by atoms with E-state index in [0.29, 0.717) is 0 Å². The minimum atomic E-state index is 0.787. The van der Waals surface area contributed by atoms with Crippen LogP contribution < -0.4 is 9.80 Å². The Bertz CT molecular complexity index is 1130. The van der Waals surface area contributed by atoms with E-state index < -0.39 is 0 Å². The molecule has 4 aromatic rings. The van der Waals surface area contributed by atoms with Gasteiger partial charge in [0.2, 0.25) is 0 Å². The lowest BCUT2D eigenvalue weighted by Crippen LogP contribution is -2.33. The lowest BCUT2D eigenvalue weighted by atomic mass is 9.98. The zero-order chi connectivity index (χ0) is 22.5. The summed E-state index contributed by atoms with van der Waals surface area (Å²) >= 11 is 1.72. The highest BCUT2D eigenvalue weighted by Crippen LogP contribution is 2.33. The van der Waals surface area contributed by atoms with E-state index in [4.69, 9.17) is 4.98 Å². The number of para-hydroxylation sites is 1. The monoisotopic (exact) mass is 442 g/mol. The Labute approximate surface area is 195 Å². The van der Waals surface area contributed by atoms with Gasteiger partial charge < -0.3 is 9.80 Å². The summed E-state index contributed by atoms with van der Waals surface area (Å²) in [5, 5.41) is 3.24. The van der Waals surface area contributed by atoms with Gasteiger partial charge in [0, 0.05) is 55.7 Å². The highest BCUT2D eigenvalue weighted by molar-refractivity contribution is 7.14. The third kappa shape index (κ3) is 5.17. The Hall–Kier alpha value is -3.18. The van der Waals surface area contributed by atoms with E-state index in [1.165, 1.54) is 33.5 Å². The van der Waals surface area contributed by atoms with Crippen LogP contribution in [0.25, 0.3) is 11.3 Å². The van der Waals surface area contributed by atoms with Crippen molar-refractivity contribution >= 4 is 22.2 Å². The molecule has 32 heavy (non-hydrogen) atoms. The quantitative estimate of drug-likeness (QED) is 0.322. The fraction of sp³-hybridized carbons (Fsp3) is 0.259. The molecule has 2 heterocycles. The average molecular weight is 443 g/mol. The number of hydrogen-bond donors (Lipinski definition) is 0. The SMILES string of the molecule is Cc1cc(C)c(-c2csc(N(CCN(C)c3ccccc3)Cc3cccnc3)n2)c(C)c1. The molecule has 0 aliphatic heterocycles. The van der Waals surface area contributed by atoms with E-state index in [1.807, 2.05) is 18.5 Å². The lowest BCUT2D eigenvalue weighted by Gasteiger charge is -2.26. The normalized spacial score (nSPS) is 10.9. The predicted molar refractivity (Wildman–Crippen MR) is 137 cm³/mol. The molecule has 5 heteroatoms. The largest absolute Gasteiger partial charge is 0.373 e. The van der Waals surface area contributed by atoms with Crippen molar-refractivity contribution in [3.8, 4) is 11.3 Å². The molecule has 0 aliphatic rings. The van der Waals surface area contributed by atoms with Crippen molar-refractivity contribution in [1.29, 1.82) is 0 Å². The van der Waals surface area contributed by atoms with Gasteiger partial charge in [0.15, 0.2) is 5.13 Å². The maximum Gasteiger partial charge on any atom is 0.186 e. The van der Waals surface area contributed by atoms with Gasteiger partial charge in [-0.05, 0) is 55.7 Å². The second kappa shape index (κ2) is 9.96. The first kappa shape index (κ1) is 22.0. The molecule has 0 unspecified atom stereocenters. The van der Waals surface area contributed by atoms with E-state index in [1.54, 1.807) is 11.3 Å². The maximum absolute atomic E-state index is 5.08. The molecular formula is C27H30N4S. The molecule has 2 aromatic heterocycles. The zero-order valence-electron chi connectivity index (χ0n) is 19.2. The molecule has 0 amide bonds. The van der Waals surface area contributed by atoms with Crippen LogP contribution >= 0.6 is 11.3 Å². The van der Waals surface area contributed by atoms with Crippen molar-refractivity contribution in [3.05, 3.63) is 94.6 Å². The first-order valence-electron chi connectivity index (χ1n) is 10.9. The number of nitrogens with zero attached hydrogens (tertiary/aromatic N) is 4. The number of benzene rings is 2. The molecule has 4 rings (SSSR count). The average Bonchev–Trinajstić information content (AvgIpc) is 3.26. The van der Waals surface area contributed by atoms with Crippen LogP contribution in [0.1, 0.15) is 22.3 Å². The number of aromatic nitrogens is 2. The Balaban J connectivity index is 1.59. The summed E-state index contributed by atoms with van der Waals surface area (Å²) in [5.74, 6) is 0. The van der Waals surface area contributed by atoms with Gasteiger partial charge in [0.05, 0.1) is 5.69 Å². The summed E-state index contributed by atoms with van der Waals surface area (Å²) in [6, 6.07) is 19.1. The standard InChI is InChI=1S/C27H30N4S/c1-20-15-21(2)26(22(3)16-20)25-19-32-27(29-25)31(18-23-9-8-12-28-17-23)14-13-30(4)24-10-6-5-7-11-24/h5-12,15-17,19H,13-14,18H2,1-4H3. The van der Waals surface area contributed by atoms with Crippen molar-refractivity contribution in [2.75, 3.05) is 29.9 Å². The number of aryl methyl sites for hydroxylation is 3. The van der Waals surface area contributed by atoms with Gasteiger partial charge in [0.25, 0.3) is 0 Å². The predicted octanol–water partition coefficient (Wildman–Crippen LogP) is 6.27. The summed E-state index contributed by atoms with van der Waals surface area (Å²) in [5.41, 5.74) is 8.58. The van der Waals surface area contributed by atoms with Crippen LogP contribution in [-0.2, 0) is 6.54 Å². The van der Waals surface area contributed by atoms with Crippen molar-refractivity contribution < 1.29 is 0 Å². The number of hydrogen-bond acceptors (Lipinski definition) is 5. The summed E-state index contributed by atoms with van der Waals surface area (Å²) in [4.78, 5) is 14.0. The molecule has 4 nitrogen and oxygen atoms in total. The Morgan fingerprint density at radius 2 is 1.66 bits per heavy atom. The van der Waals surface area contributed by atoms with Crippen molar-refractivity contribution in [1.82, 2.24) is 9.97 Å². The molecule has 0 aliphatic carbocycles. The second-order valence-electron chi connectivity index (χ2n) is 8.33. The van der Waals surface area contributed by atoms with E-state index in [9.17, 15) is 0 Å². The molecule has 0 fully saturated rings. The van der Waals surface area contributed by atoms with E-state index in [2.05, 4.69) is 96.5 Å². The lowest BCUT2D eigenvalue weighted by molar-refractivity contribution is 0.759. The number of pyridine rings is 1. The molecule has 0 N–H and O–H groups in total. The van der Waals surface area contributed by atoms with Gasteiger partial charge in [0.1, 0.15) is 0 Å². The molecule has 164 valence electrons. The fourth-order valence-corrected chi connectivity index (χ4v) is 4.99. The van der Waals surface area contributed by atoms with Gasteiger partial charge in [-0.1, -0.05) is 42.0 Å². The van der Waals surface area contributed by atoms with Gasteiger partial charge in [-0.25, -0.2) is 4.98 Å². The zero-order valence-corrected chi connectivity index (χ0v) is 20.1. The number of anilines is 2. The Morgan fingerprint density at radius 3 is 2.34 bits per heavy atom. The Morgan fingerprint density at radius 1 is 0.906 bits per heavy atom. The highest BCUT2D eigenvalue weighted by Gasteiger charge is 2.16. The molecule has 0 bridgehead atoms. The van der Waals surface area contributed by atoms with Crippen molar-refractivity contribution in [3.63, 3.8) is 0 Å². The van der Waals surface area contributed by atoms with Gasteiger partial charge in [-0.3, -0.25) is 4.98 Å². The first-order valence-corrected chi connectivity index (χ1v) is 11.8. The van der Waals surface area contributed by atoms with Crippen LogP contribution in [0, 0.1) is 20.8 Å². The molecule has 2 aromatic carbocycles. The first-order chi connectivity index (χ1) is 15.5. The molecular weight excluding hydrogens is 412 g/mol. The third-order valence-corrected chi connectivity index (χ3v) is 6.60. The molecule has 0 radical (unpaired) electrons. The van der Waals surface area contributed by atoms with Gasteiger partial charge in [-0.15, -0.1) is 11.3 Å². The van der Waals surface area contributed by atoms with Crippen LogP contribution in [0.2, 0.25) is 0 Å². The summed E-state index contributed by atoms with van der Waals surface area (Å²) in [6.07, 6.45) is 3.76. The number of rotatable bonds is 8. The molecule has 0 saturated heterocycles. The van der Waals surface area contributed by atoms with Gasteiger partial charge >= 0.3 is 0 Å². The topological polar surface area (TPSA) is 32.3 Å². The fourth-order valence-electron chi connectivity index (χ4n) is 4.15. The number of thiazole rings is 1. The Kier molecular flexibility index (Phi) is 6.86. The van der Waals surface area contributed by atoms with Crippen LogP contribution in [0.3, 0.4) is 0 Å². The van der Waals surface area contributed by atoms with E-state index in [0.717, 1.165) is 30.5 Å². The van der Waals surface area contributed by atoms with Crippen molar-refractivity contribution in [2.24, 2.45) is 0 Å². The van der Waals surface area contributed by atoms with Crippen molar-refractivity contribution in [2.45, 2.75) is 27.3 Å². The highest BCUT2D eigenvalue weighted by atomic mass is 32.1. The summed E-state index contributed by atoms with van der Waals surface area (Å²) in [6.45, 7) is 9.07. The van der Waals surface area contributed by atoms with Crippen LogP contribution in [0.5, 0.6) is 0 Å². The molecule has 0 saturated carbocycles. The second-order valence-corrected chi connectivity index (χ2v) is 9.17. The third-order valence-electron chi connectivity index (χ3n) is 5.69. The smallest absolute Gasteiger partial charge is 0.186 e.